The minimum absolute atomic E-state index is 0.0575. The molecule has 190 valence electrons. The van der Waals surface area contributed by atoms with E-state index in [-0.39, 0.29) is 36.8 Å². The lowest BCUT2D eigenvalue weighted by Crippen LogP contribution is -2.38. The van der Waals surface area contributed by atoms with Gasteiger partial charge in [0, 0.05) is 23.6 Å². The molecule has 0 fully saturated rings. The third kappa shape index (κ3) is 5.97. The van der Waals surface area contributed by atoms with Crippen molar-refractivity contribution in [3.05, 3.63) is 118 Å². The molecule has 0 saturated heterocycles. The number of amides is 2. The minimum atomic E-state index is -0.397. The van der Waals surface area contributed by atoms with E-state index >= 15 is 0 Å². The van der Waals surface area contributed by atoms with Crippen LogP contribution in [-0.4, -0.2) is 29.3 Å². The summed E-state index contributed by atoms with van der Waals surface area (Å²) in [5.74, 6) is -0.964. The van der Waals surface area contributed by atoms with Gasteiger partial charge in [-0.2, -0.15) is 0 Å². The van der Waals surface area contributed by atoms with Crippen molar-refractivity contribution in [1.29, 1.82) is 0 Å². The number of carbonyl (C=O) groups excluding carboxylic acids is 3. The first-order chi connectivity index (χ1) is 17.9. The number of esters is 1. The molecule has 2 atom stereocenters. The summed E-state index contributed by atoms with van der Waals surface area (Å²) < 4.78 is 5.36. The van der Waals surface area contributed by atoms with Crippen molar-refractivity contribution in [2.75, 3.05) is 6.61 Å². The predicted molar refractivity (Wildman–Crippen MR) is 142 cm³/mol. The van der Waals surface area contributed by atoms with Gasteiger partial charge in [0.2, 0.25) is 5.91 Å². The fraction of sp³-hybridized carbons (Fsp3) is 0.258. The highest BCUT2D eigenvalue weighted by Crippen LogP contribution is 2.37. The van der Waals surface area contributed by atoms with Crippen molar-refractivity contribution in [3.63, 3.8) is 0 Å². The lowest BCUT2D eigenvalue weighted by Gasteiger charge is -2.34. The highest BCUT2D eigenvalue weighted by atomic mass is 16.5. The van der Waals surface area contributed by atoms with Gasteiger partial charge in [-0.3, -0.25) is 9.59 Å². The van der Waals surface area contributed by atoms with Crippen LogP contribution in [0.15, 0.2) is 96.2 Å². The van der Waals surface area contributed by atoms with Crippen molar-refractivity contribution in [2.45, 2.75) is 45.7 Å². The lowest BCUT2D eigenvalue weighted by atomic mass is 9.83. The smallest absolute Gasteiger partial charge is 0.336 e. The lowest BCUT2D eigenvalue weighted by molar-refractivity contribution is -0.140. The van der Waals surface area contributed by atoms with E-state index in [1.807, 2.05) is 79.7 Å². The monoisotopic (exact) mass is 496 g/mol. The second kappa shape index (κ2) is 11.7. The Morgan fingerprint density at radius 1 is 0.973 bits per heavy atom. The number of allylic oxidation sites excluding steroid dienone is 1. The fourth-order valence-electron chi connectivity index (χ4n) is 4.70. The number of nitrogens with one attached hydrogen (secondary N) is 1. The van der Waals surface area contributed by atoms with Gasteiger partial charge in [0.15, 0.2) is 0 Å². The Labute approximate surface area is 218 Å². The molecule has 4 rings (SSSR count). The summed E-state index contributed by atoms with van der Waals surface area (Å²) in [6, 6.07) is 26.5. The quantitative estimate of drug-likeness (QED) is 0.416. The van der Waals surface area contributed by atoms with Gasteiger partial charge < -0.3 is 15.0 Å². The average Bonchev–Trinajstić information content (AvgIpc) is 2.92. The highest BCUT2D eigenvalue weighted by Gasteiger charge is 2.36. The molecule has 37 heavy (non-hydrogen) atoms. The molecule has 3 aromatic carbocycles. The zero-order valence-corrected chi connectivity index (χ0v) is 21.4. The third-order valence-electron chi connectivity index (χ3n) is 6.72. The van der Waals surface area contributed by atoms with Crippen molar-refractivity contribution in [1.82, 2.24) is 10.2 Å². The second-order valence-electron chi connectivity index (χ2n) is 9.17. The molecule has 6 nitrogen and oxygen atoms in total. The van der Waals surface area contributed by atoms with Crippen LogP contribution in [0, 0.1) is 0 Å². The van der Waals surface area contributed by atoms with Crippen LogP contribution in [0.2, 0.25) is 0 Å². The van der Waals surface area contributed by atoms with Gasteiger partial charge in [-0.25, -0.2) is 4.79 Å². The second-order valence-corrected chi connectivity index (χ2v) is 9.17. The van der Waals surface area contributed by atoms with Crippen molar-refractivity contribution in [2.24, 2.45) is 0 Å². The molecule has 2 amide bonds. The number of hydrogen-bond donors (Lipinski definition) is 1. The highest BCUT2D eigenvalue weighted by molar-refractivity contribution is 5.96. The Hall–Kier alpha value is -4.19. The van der Waals surface area contributed by atoms with Gasteiger partial charge in [-0.1, -0.05) is 72.8 Å². The number of ether oxygens (including phenoxy) is 1. The molecule has 3 aromatic rings. The summed E-state index contributed by atoms with van der Waals surface area (Å²) in [5.41, 5.74) is 4.46. The summed E-state index contributed by atoms with van der Waals surface area (Å²) in [6.07, 6.45) is 0.188. The van der Waals surface area contributed by atoms with Crippen LogP contribution in [0.5, 0.6) is 0 Å². The van der Waals surface area contributed by atoms with Crippen LogP contribution in [-0.2, 0) is 20.9 Å². The Balaban J connectivity index is 1.52. The van der Waals surface area contributed by atoms with E-state index < -0.39 is 5.97 Å². The molecule has 0 bridgehead atoms. The number of carbonyl (C=O) groups is 3. The van der Waals surface area contributed by atoms with Crippen LogP contribution < -0.4 is 5.32 Å². The van der Waals surface area contributed by atoms with Crippen LogP contribution in [0.25, 0.3) is 0 Å². The average molecular weight is 497 g/mol. The minimum Gasteiger partial charge on any atom is -0.463 e. The molecule has 0 radical (unpaired) electrons. The largest absolute Gasteiger partial charge is 0.463 e. The van der Waals surface area contributed by atoms with Crippen LogP contribution in [0.4, 0.5) is 0 Å². The molecule has 2 unspecified atom stereocenters. The standard InChI is InChI=1S/C31H32N2O4/c1-4-37-31(36)29-22(3)33(28(34)19-27(29)25-13-9-6-10-14-25)20-23-15-17-26(18-16-23)30(35)32-21(2)24-11-7-5-8-12-24/h5-18,21,27H,4,19-20H2,1-3H3,(H,32,35). The molecule has 6 heteroatoms. The molecule has 0 saturated carbocycles. The number of benzene rings is 3. The van der Waals surface area contributed by atoms with Crippen LogP contribution >= 0.6 is 0 Å². The zero-order chi connectivity index (χ0) is 26.4. The summed E-state index contributed by atoms with van der Waals surface area (Å²) in [4.78, 5) is 40.6. The molecule has 1 aliphatic heterocycles. The van der Waals surface area contributed by atoms with E-state index in [0.29, 0.717) is 23.4 Å². The third-order valence-corrected chi connectivity index (χ3v) is 6.72. The fourth-order valence-corrected chi connectivity index (χ4v) is 4.70. The summed E-state index contributed by atoms with van der Waals surface area (Å²) in [7, 11) is 0. The maximum absolute atomic E-state index is 13.2. The summed E-state index contributed by atoms with van der Waals surface area (Å²) in [6.45, 7) is 6.08. The first-order valence-corrected chi connectivity index (χ1v) is 12.6. The molecule has 1 heterocycles. The first-order valence-electron chi connectivity index (χ1n) is 12.6. The molecule has 1 N–H and O–H groups in total. The number of hydrogen-bond acceptors (Lipinski definition) is 4. The van der Waals surface area contributed by atoms with E-state index in [2.05, 4.69) is 5.32 Å². The Morgan fingerprint density at radius 3 is 2.22 bits per heavy atom. The first kappa shape index (κ1) is 25.9. The Morgan fingerprint density at radius 2 is 1.59 bits per heavy atom. The molecule has 0 aromatic heterocycles. The van der Waals surface area contributed by atoms with Gasteiger partial charge in [-0.15, -0.1) is 0 Å². The zero-order valence-electron chi connectivity index (χ0n) is 21.4. The van der Waals surface area contributed by atoms with Gasteiger partial charge in [0.05, 0.1) is 24.8 Å². The Kier molecular flexibility index (Phi) is 8.18. The topological polar surface area (TPSA) is 75.7 Å². The van der Waals surface area contributed by atoms with Gasteiger partial charge in [0.1, 0.15) is 0 Å². The van der Waals surface area contributed by atoms with Gasteiger partial charge in [0.25, 0.3) is 5.91 Å². The molecule has 0 spiro atoms. The summed E-state index contributed by atoms with van der Waals surface area (Å²) in [5, 5.41) is 3.02. The van der Waals surface area contributed by atoms with Gasteiger partial charge in [-0.05, 0) is 49.6 Å². The maximum atomic E-state index is 13.2. The molecule has 0 aliphatic carbocycles. The van der Waals surface area contributed by atoms with E-state index in [0.717, 1.165) is 16.7 Å². The maximum Gasteiger partial charge on any atom is 0.336 e. The van der Waals surface area contributed by atoms with Crippen molar-refractivity contribution < 1.29 is 19.1 Å². The normalized spacial score (nSPS) is 16.4. The Bertz CT molecular complexity index is 1280. The van der Waals surface area contributed by atoms with E-state index in [1.54, 1.807) is 30.9 Å². The van der Waals surface area contributed by atoms with E-state index in [1.165, 1.54) is 0 Å². The number of rotatable bonds is 8. The molecule has 1 aliphatic rings. The van der Waals surface area contributed by atoms with Crippen LogP contribution in [0.1, 0.15) is 66.2 Å². The van der Waals surface area contributed by atoms with E-state index in [4.69, 9.17) is 4.74 Å². The van der Waals surface area contributed by atoms with E-state index in [9.17, 15) is 14.4 Å². The number of nitrogens with zero attached hydrogens (tertiary/aromatic N) is 1. The summed E-state index contributed by atoms with van der Waals surface area (Å²) >= 11 is 0. The van der Waals surface area contributed by atoms with Gasteiger partial charge >= 0.3 is 5.97 Å². The van der Waals surface area contributed by atoms with Crippen LogP contribution in [0.3, 0.4) is 0 Å². The van der Waals surface area contributed by atoms with Crippen molar-refractivity contribution >= 4 is 17.8 Å². The SMILES string of the molecule is CCOC(=O)C1=C(C)N(Cc2ccc(C(=O)NC(C)c3ccccc3)cc2)C(=O)CC1c1ccccc1. The van der Waals surface area contributed by atoms with Crippen molar-refractivity contribution in [3.8, 4) is 0 Å². The molecular weight excluding hydrogens is 464 g/mol. The predicted octanol–water partition coefficient (Wildman–Crippen LogP) is 5.53. The molecular formula is C31H32N2O4.